The Hall–Kier alpha value is -1.30. The van der Waals surface area contributed by atoms with Crippen molar-refractivity contribution >= 4 is 12.0 Å². The van der Waals surface area contributed by atoms with Crippen LogP contribution in [0.1, 0.15) is 33.6 Å². The lowest BCUT2D eigenvalue weighted by Crippen LogP contribution is -2.37. The lowest BCUT2D eigenvalue weighted by Gasteiger charge is -2.25. The normalized spacial score (nSPS) is 25.6. The molecule has 0 spiro atoms. The van der Waals surface area contributed by atoms with E-state index in [2.05, 4.69) is 0 Å². The number of carbonyl (C=O) groups is 2. The van der Waals surface area contributed by atoms with Gasteiger partial charge in [0.25, 0.3) is 0 Å². The summed E-state index contributed by atoms with van der Waals surface area (Å²) in [6, 6.07) is 0. The summed E-state index contributed by atoms with van der Waals surface area (Å²) in [5, 5.41) is 0. The van der Waals surface area contributed by atoms with Gasteiger partial charge in [0.1, 0.15) is 12.2 Å². The first-order valence-corrected chi connectivity index (χ1v) is 8.05. The minimum atomic E-state index is -0.453. The van der Waals surface area contributed by atoms with Crippen LogP contribution in [0.25, 0.3) is 0 Å². The predicted octanol–water partition coefficient (Wildman–Crippen LogP) is 1.74. The summed E-state index contributed by atoms with van der Waals surface area (Å²) in [4.78, 5) is 27.8. The summed E-state index contributed by atoms with van der Waals surface area (Å²) in [5.41, 5.74) is -0.453. The minimum absolute atomic E-state index is 0.0615. The molecule has 0 bridgehead atoms. The molecule has 2 rings (SSSR count). The van der Waals surface area contributed by atoms with Crippen LogP contribution >= 0.6 is 0 Å². The smallest absolute Gasteiger partial charge is 0.410 e. The SMILES string of the molecule is COCC(=O)N1CC[C@@H]2CN(C(=O)OC(C)(C)C)C[C@@H]2CC1. The number of amides is 2. The van der Waals surface area contributed by atoms with E-state index in [0.29, 0.717) is 11.8 Å². The van der Waals surface area contributed by atoms with Gasteiger partial charge in [-0.25, -0.2) is 4.79 Å². The third kappa shape index (κ3) is 4.35. The molecule has 2 fully saturated rings. The van der Waals surface area contributed by atoms with Crippen molar-refractivity contribution in [2.75, 3.05) is 39.9 Å². The minimum Gasteiger partial charge on any atom is -0.444 e. The van der Waals surface area contributed by atoms with Gasteiger partial charge in [-0.3, -0.25) is 4.79 Å². The van der Waals surface area contributed by atoms with E-state index in [1.54, 1.807) is 7.11 Å². The van der Waals surface area contributed by atoms with Gasteiger partial charge in [0.05, 0.1) is 0 Å². The molecule has 6 nitrogen and oxygen atoms in total. The van der Waals surface area contributed by atoms with Gasteiger partial charge in [0.15, 0.2) is 0 Å². The van der Waals surface area contributed by atoms with Crippen molar-refractivity contribution in [2.24, 2.45) is 11.8 Å². The second-order valence-electron chi connectivity index (χ2n) is 7.30. The van der Waals surface area contributed by atoms with Crippen molar-refractivity contribution in [3.8, 4) is 0 Å². The molecule has 2 heterocycles. The van der Waals surface area contributed by atoms with Gasteiger partial charge in [0, 0.05) is 33.3 Å². The van der Waals surface area contributed by atoms with Crippen LogP contribution in [0.3, 0.4) is 0 Å². The monoisotopic (exact) mass is 312 g/mol. The van der Waals surface area contributed by atoms with E-state index >= 15 is 0 Å². The van der Waals surface area contributed by atoms with E-state index in [9.17, 15) is 9.59 Å². The fourth-order valence-electron chi connectivity index (χ4n) is 3.29. The molecule has 0 saturated carbocycles. The van der Waals surface area contributed by atoms with Gasteiger partial charge < -0.3 is 19.3 Å². The molecule has 22 heavy (non-hydrogen) atoms. The van der Waals surface area contributed by atoms with Gasteiger partial charge in [-0.1, -0.05) is 0 Å². The molecular formula is C16H28N2O4. The van der Waals surface area contributed by atoms with Gasteiger partial charge in [-0.2, -0.15) is 0 Å². The van der Waals surface area contributed by atoms with Crippen LogP contribution in [0.5, 0.6) is 0 Å². The Bertz CT molecular complexity index is 403. The zero-order valence-corrected chi connectivity index (χ0v) is 14.1. The van der Waals surface area contributed by atoms with E-state index < -0.39 is 5.60 Å². The van der Waals surface area contributed by atoms with Crippen LogP contribution in [0.2, 0.25) is 0 Å². The molecule has 0 N–H and O–H groups in total. The van der Waals surface area contributed by atoms with Crippen LogP contribution in [0.15, 0.2) is 0 Å². The highest BCUT2D eigenvalue weighted by molar-refractivity contribution is 5.77. The number of methoxy groups -OCH3 is 1. The molecule has 0 unspecified atom stereocenters. The van der Waals surface area contributed by atoms with Crippen molar-refractivity contribution in [3.05, 3.63) is 0 Å². The van der Waals surface area contributed by atoms with Crippen LogP contribution in [0, 0.1) is 11.8 Å². The molecule has 126 valence electrons. The maximum absolute atomic E-state index is 12.2. The molecule has 6 heteroatoms. The first-order chi connectivity index (χ1) is 10.3. The molecule has 2 amide bonds. The summed E-state index contributed by atoms with van der Waals surface area (Å²) in [6.45, 7) is 8.81. The number of nitrogens with zero attached hydrogens (tertiary/aromatic N) is 2. The number of likely N-dealkylation sites (tertiary alicyclic amines) is 2. The number of rotatable bonds is 2. The summed E-state index contributed by atoms with van der Waals surface area (Å²) in [6.07, 6.45) is 1.67. The van der Waals surface area contributed by atoms with Crippen molar-refractivity contribution in [3.63, 3.8) is 0 Å². The first kappa shape index (κ1) is 17.1. The van der Waals surface area contributed by atoms with Gasteiger partial charge in [-0.05, 0) is 45.4 Å². The summed E-state index contributed by atoms with van der Waals surface area (Å²) < 4.78 is 10.4. The lowest BCUT2D eigenvalue weighted by atomic mass is 9.92. The predicted molar refractivity (Wildman–Crippen MR) is 82.5 cm³/mol. The Balaban J connectivity index is 1.87. The molecule has 2 atom stereocenters. The zero-order chi connectivity index (χ0) is 16.3. The largest absolute Gasteiger partial charge is 0.444 e. The Labute approximate surface area is 132 Å². The average Bonchev–Trinajstić information content (AvgIpc) is 2.71. The third-order valence-electron chi connectivity index (χ3n) is 4.39. The van der Waals surface area contributed by atoms with Crippen LogP contribution in [-0.2, 0) is 14.3 Å². The topological polar surface area (TPSA) is 59.1 Å². The molecular weight excluding hydrogens is 284 g/mol. The molecule has 0 radical (unpaired) electrons. The average molecular weight is 312 g/mol. The van der Waals surface area contributed by atoms with Gasteiger partial charge >= 0.3 is 6.09 Å². The van der Waals surface area contributed by atoms with Crippen LogP contribution < -0.4 is 0 Å². The lowest BCUT2D eigenvalue weighted by molar-refractivity contribution is -0.135. The second kappa shape index (κ2) is 6.86. The molecule has 2 saturated heterocycles. The quantitative estimate of drug-likeness (QED) is 0.779. The van der Waals surface area contributed by atoms with E-state index in [4.69, 9.17) is 9.47 Å². The van der Waals surface area contributed by atoms with Gasteiger partial charge in [0.2, 0.25) is 5.91 Å². The summed E-state index contributed by atoms with van der Waals surface area (Å²) in [7, 11) is 1.54. The van der Waals surface area contributed by atoms with Crippen molar-refractivity contribution in [1.29, 1.82) is 0 Å². The van der Waals surface area contributed by atoms with Crippen molar-refractivity contribution in [2.45, 2.75) is 39.2 Å². The zero-order valence-electron chi connectivity index (χ0n) is 14.1. The summed E-state index contributed by atoms with van der Waals surface area (Å²) in [5.74, 6) is 0.993. The maximum Gasteiger partial charge on any atom is 0.410 e. The number of ether oxygens (including phenoxy) is 2. The molecule has 2 aliphatic heterocycles. The third-order valence-corrected chi connectivity index (χ3v) is 4.39. The molecule has 0 aliphatic carbocycles. The molecule has 0 aromatic heterocycles. The Morgan fingerprint density at radius 1 is 1.05 bits per heavy atom. The highest BCUT2D eigenvalue weighted by Crippen LogP contribution is 2.32. The van der Waals surface area contributed by atoms with E-state index in [1.807, 2.05) is 30.6 Å². The Kier molecular flexibility index (Phi) is 5.32. The number of hydrogen-bond acceptors (Lipinski definition) is 4. The number of carbonyl (C=O) groups excluding carboxylic acids is 2. The standard InChI is InChI=1S/C16H28N2O4/c1-16(2,3)22-15(20)18-9-12-5-7-17(14(19)11-21-4)8-6-13(12)10-18/h12-13H,5-11H2,1-4H3/t12-,13+. The first-order valence-electron chi connectivity index (χ1n) is 8.05. The fourth-order valence-corrected chi connectivity index (χ4v) is 3.29. The summed E-state index contributed by atoms with van der Waals surface area (Å²) >= 11 is 0. The number of fused-ring (bicyclic) bond motifs is 1. The maximum atomic E-state index is 12.2. The van der Waals surface area contributed by atoms with Crippen LogP contribution in [0.4, 0.5) is 4.79 Å². The van der Waals surface area contributed by atoms with Gasteiger partial charge in [-0.15, -0.1) is 0 Å². The molecule has 0 aromatic rings. The molecule has 0 aromatic carbocycles. The van der Waals surface area contributed by atoms with E-state index in [0.717, 1.165) is 39.0 Å². The van der Waals surface area contributed by atoms with E-state index in [-0.39, 0.29) is 18.6 Å². The van der Waals surface area contributed by atoms with Crippen molar-refractivity contribution in [1.82, 2.24) is 9.80 Å². The molecule has 2 aliphatic rings. The Morgan fingerprint density at radius 3 is 2.05 bits per heavy atom. The number of hydrogen-bond donors (Lipinski definition) is 0. The highest BCUT2D eigenvalue weighted by atomic mass is 16.6. The second-order valence-corrected chi connectivity index (χ2v) is 7.30. The van der Waals surface area contributed by atoms with Crippen molar-refractivity contribution < 1.29 is 19.1 Å². The fraction of sp³-hybridized carbons (Fsp3) is 0.875. The Morgan fingerprint density at radius 2 is 1.59 bits per heavy atom. The van der Waals surface area contributed by atoms with E-state index in [1.165, 1.54) is 0 Å². The van der Waals surface area contributed by atoms with Crippen LogP contribution in [-0.4, -0.2) is 67.3 Å². The highest BCUT2D eigenvalue weighted by Gasteiger charge is 2.38.